The number of ether oxygens (including phenoxy) is 1. The number of carbonyl (C=O) groups excluding carboxylic acids is 2. The lowest BCUT2D eigenvalue weighted by atomic mass is 9.73. The molecule has 7 nitrogen and oxygen atoms in total. The molecule has 1 spiro atoms. The summed E-state index contributed by atoms with van der Waals surface area (Å²) in [5.41, 5.74) is 4.48. The van der Waals surface area contributed by atoms with Gasteiger partial charge in [-0.25, -0.2) is 0 Å². The van der Waals surface area contributed by atoms with Crippen LogP contribution >= 0.6 is 0 Å². The second-order valence-corrected chi connectivity index (χ2v) is 9.85. The molecular formula is C27H28N4O3. The van der Waals surface area contributed by atoms with E-state index in [1.54, 1.807) is 6.07 Å². The Morgan fingerprint density at radius 1 is 1.09 bits per heavy atom. The Hall–Kier alpha value is -3.37. The third-order valence-electron chi connectivity index (χ3n) is 8.16. The first-order chi connectivity index (χ1) is 16.6. The van der Waals surface area contributed by atoms with Gasteiger partial charge in [0.25, 0.3) is 0 Å². The first-order valence-corrected chi connectivity index (χ1v) is 12.2. The number of anilines is 1. The van der Waals surface area contributed by atoms with Gasteiger partial charge >= 0.3 is 0 Å². The summed E-state index contributed by atoms with van der Waals surface area (Å²) in [6.07, 6.45) is 3.96. The fourth-order valence-corrected chi connectivity index (χ4v) is 6.22. The number of likely N-dealkylation sites (tertiary alicyclic amines) is 1. The van der Waals surface area contributed by atoms with Crippen LogP contribution in [0.1, 0.15) is 54.0 Å². The molecule has 2 fully saturated rings. The summed E-state index contributed by atoms with van der Waals surface area (Å²) < 4.78 is 6.09. The highest BCUT2D eigenvalue weighted by atomic mass is 16.5. The number of piperidine rings is 1. The van der Waals surface area contributed by atoms with Crippen LogP contribution in [0.25, 0.3) is 0 Å². The summed E-state index contributed by atoms with van der Waals surface area (Å²) in [6.45, 7) is 3.86. The van der Waals surface area contributed by atoms with Gasteiger partial charge in [0.1, 0.15) is 12.4 Å². The van der Waals surface area contributed by atoms with Gasteiger partial charge in [-0.1, -0.05) is 6.07 Å². The zero-order valence-corrected chi connectivity index (χ0v) is 19.2. The van der Waals surface area contributed by atoms with E-state index < -0.39 is 5.41 Å². The number of nitrogens with zero attached hydrogens (tertiary/aromatic N) is 3. The van der Waals surface area contributed by atoms with E-state index in [9.17, 15) is 14.9 Å². The number of hydrogen-bond donors (Lipinski definition) is 1. The summed E-state index contributed by atoms with van der Waals surface area (Å²) in [6, 6.07) is 14.2. The molecular weight excluding hydrogens is 428 g/mol. The van der Waals surface area contributed by atoms with Crippen molar-refractivity contribution in [3.8, 4) is 11.8 Å². The Kier molecular flexibility index (Phi) is 5.07. The number of carbonyl (C=O) groups is 2. The number of hydrogen-bond acceptors (Lipinski definition) is 5. The molecule has 0 saturated carbocycles. The second-order valence-electron chi connectivity index (χ2n) is 9.85. The number of benzene rings is 2. The first-order valence-electron chi connectivity index (χ1n) is 12.2. The smallest absolute Gasteiger partial charge is 0.235 e. The number of nitriles is 1. The monoisotopic (exact) mass is 456 g/mol. The molecule has 2 saturated heterocycles. The standard InChI is InChI=1S/C27H28N4O3/c28-17-18-1-4-23-22(15-18)27(26(33)29-23)8-11-30(12-9-27)13-14-34-20-2-3-21-19(16-20)7-10-31-24(21)5-6-25(31)32/h1-4,15-16,24H,5-14H2,(H,29,33)/t24-/m0/s1. The number of fused-ring (bicyclic) bond motifs is 5. The van der Waals surface area contributed by atoms with Crippen LogP contribution in [0.4, 0.5) is 5.69 Å². The van der Waals surface area contributed by atoms with Gasteiger partial charge in [0.2, 0.25) is 11.8 Å². The average Bonchev–Trinajstić information content (AvgIpc) is 3.37. The van der Waals surface area contributed by atoms with Crippen LogP contribution < -0.4 is 10.1 Å². The van der Waals surface area contributed by atoms with E-state index in [2.05, 4.69) is 28.4 Å². The van der Waals surface area contributed by atoms with E-state index in [4.69, 9.17) is 4.74 Å². The number of rotatable bonds is 4. The van der Waals surface area contributed by atoms with Crippen molar-refractivity contribution in [2.75, 3.05) is 38.1 Å². The molecule has 4 aliphatic rings. The lowest BCUT2D eigenvalue weighted by Gasteiger charge is -2.38. The van der Waals surface area contributed by atoms with Gasteiger partial charge in [0, 0.05) is 25.2 Å². The van der Waals surface area contributed by atoms with Gasteiger partial charge in [-0.2, -0.15) is 5.26 Å². The molecule has 4 aliphatic heterocycles. The number of amides is 2. The van der Waals surface area contributed by atoms with Crippen LogP contribution in [0.3, 0.4) is 0 Å². The van der Waals surface area contributed by atoms with Crippen molar-refractivity contribution < 1.29 is 14.3 Å². The zero-order valence-electron chi connectivity index (χ0n) is 19.2. The van der Waals surface area contributed by atoms with E-state index in [1.165, 1.54) is 11.1 Å². The molecule has 1 atom stereocenters. The highest BCUT2D eigenvalue weighted by Gasteiger charge is 2.48. The minimum atomic E-state index is -0.520. The fraction of sp³-hybridized carbons (Fsp3) is 0.444. The van der Waals surface area contributed by atoms with Crippen molar-refractivity contribution in [2.45, 2.75) is 43.6 Å². The summed E-state index contributed by atoms with van der Waals surface area (Å²) in [5.74, 6) is 1.23. The molecule has 0 aliphatic carbocycles. The topological polar surface area (TPSA) is 85.7 Å². The maximum absolute atomic E-state index is 12.9. The summed E-state index contributed by atoms with van der Waals surface area (Å²) in [5, 5.41) is 12.3. The molecule has 4 heterocycles. The van der Waals surface area contributed by atoms with E-state index in [0.29, 0.717) is 18.6 Å². The van der Waals surface area contributed by atoms with Gasteiger partial charge in [-0.3, -0.25) is 14.5 Å². The van der Waals surface area contributed by atoms with Crippen molar-refractivity contribution >= 4 is 17.5 Å². The van der Waals surface area contributed by atoms with Crippen LogP contribution in [0.15, 0.2) is 36.4 Å². The largest absolute Gasteiger partial charge is 0.492 e. The normalized spacial score (nSPS) is 22.7. The molecule has 0 unspecified atom stereocenters. The van der Waals surface area contributed by atoms with Gasteiger partial charge in [-0.05, 0) is 85.8 Å². The predicted molar refractivity (Wildman–Crippen MR) is 126 cm³/mol. The quantitative estimate of drug-likeness (QED) is 0.764. The highest BCUT2D eigenvalue weighted by molar-refractivity contribution is 6.06. The van der Waals surface area contributed by atoms with Gasteiger partial charge in [0.15, 0.2) is 0 Å². The predicted octanol–water partition coefficient (Wildman–Crippen LogP) is 3.14. The molecule has 0 aromatic heterocycles. The van der Waals surface area contributed by atoms with E-state index in [-0.39, 0.29) is 17.9 Å². The first kappa shape index (κ1) is 21.2. The van der Waals surface area contributed by atoms with Gasteiger partial charge < -0.3 is 15.0 Å². The lowest BCUT2D eigenvalue weighted by molar-refractivity contribution is -0.129. The zero-order chi connectivity index (χ0) is 23.3. The summed E-state index contributed by atoms with van der Waals surface area (Å²) >= 11 is 0. The SMILES string of the molecule is N#Cc1ccc2c(c1)C1(CCN(CCOc3ccc4c(c3)CCN3C(=O)CC[C@@H]43)CC1)C(=O)N2. The molecule has 1 N–H and O–H groups in total. The molecule has 0 bridgehead atoms. The van der Waals surface area contributed by atoms with Crippen LogP contribution in [0.2, 0.25) is 0 Å². The molecule has 0 radical (unpaired) electrons. The van der Waals surface area contributed by atoms with E-state index in [0.717, 1.165) is 68.9 Å². The molecule has 2 aromatic carbocycles. The van der Waals surface area contributed by atoms with Crippen molar-refractivity contribution in [3.63, 3.8) is 0 Å². The molecule has 6 rings (SSSR count). The summed E-state index contributed by atoms with van der Waals surface area (Å²) in [4.78, 5) is 29.3. The minimum Gasteiger partial charge on any atom is -0.492 e. The Morgan fingerprint density at radius 2 is 1.94 bits per heavy atom. The third-order valence-corrected chi connectivity index (χ3v) is 8.16. The molecule has 174 valence electrons. The summed E-state index contributed by atoms with van der Waals surface area (Å²) in [7, 11) is 0. The Balaban J connectivity index is 1.05. The maximum atomic E-state index is 12.9. The Labute approximate surface area is 199 Å². The van der Waals surface area contributed by atoms with E-state index >= 15 is 0 Å². The maximum Gasteiger partial charge on any atom is 0.235 e. The second kappa shape index (κ2) is 8.14. The van der Waals surface area contributed by atoms with Crippen molar-refractivity contribution in [1.29, 1.82) is 5.26 Å². The molecule has 2 aromatic rings. The minimum absolute atomic E-state index is 0.0603. The van der Waals surface area contributed by atoms with Crippen LogP contribution in [0.5, 0.6) is 5.75 Å². The van der Waals surface area contributed by atoms with Gasteiger partial charge in [0.05, 0.1) is 23.1 Å². The molecule has 2 amide bonds. The van der Waals surface area contributed by atoms with Crippen LogP contribution in [-0.4, -0.2) is 54.4 Å². The molecule has 7 heteroatoms. The van der Waals surface area contributed by atoms with E-state index in [1.807, 2.05) is 23.1 Å². The van der Waals surface area contributed by atoms with Crippen molar-refractivity contribution in [3.05, 3.63) is 58.7 Å². The lowest BCUT2D eigenvalue weighted by Crippen LogP contribution is -2.47. The average molecular weight is 457 g/mol. The van der Waals surface area contributed by atoms with Gasteiger partial charge in [-0.15, -0.1) is 0 Å². The number of nitrogens with one attached hydrogen (secondary N) is 1. The Morgan fingerprint density at radius 3 is 2.76 bits per heavy atom. The molecule has 34 heavy (non-hydrogen) atoms. The van der Waals surface area contributed by atoms with Crippen molar-refractivity contribution in [2.24, 2.45) is 0 Å². The van der Waals surface area contributed by atoms with Crippen LogP contribution in [0, 0.1) is 11.3 Å². The third kappa shape index (κ3) is 3.36. The van der Waals surface area contributed by atoms with Crippen LogP contribution in [-0.2, 0) is 21.4 Å². The Bertz CT molecular complexity index is 1210. The fourth-order valence-electron chi connectivity index (χ4n) is 6.22. The van der Waals surface area contributed by atoms with Crippen molar-refractivity contribution in [1.82, 2.24) is 9.80 Å². The highest BCUT2D eigenvalue weighted by Crippen LogP contribution is 2.45.